The maximum absolute atomic E-state index is 12.1. The largest absolute Gasteiger partial charge is 0.326 e. The molecule has 6 nitrogen and oxygen atoms in total. The van der Waals surface area contributed by atoms with E-state index in [4.69, 9.17) is 0 Å². The van der Waals surface area contributed by atoms with Gasteiger partial charge in [-0.1, -0.05) is 4.49 Å². The van der Waals surface area contributed by atoms with Gasteiger partial charge in [0.2, 0.25) is 5.91 Å². The Morgan fingerprint density at radius 3 is 3.00 bits per heavy atom. The molecule has 3 rings (SSSR count). The highest BCUT2D eigenvalue weighted by Gasteiger charge is 2.16. The minimum absolute atomic E-state index is 0.0388. The summed E-state index contributed by atoms with van der Waals surface area (Å²) in [7, 11) is 0. The van der Waals surface area contributed by atoms with E-state index in [1.54, 1.807) is 13.0 Å². The predicted molar refractivity (Wildman–Crippen MR) is 80.6 cm³/mol. The number of carbonyl (C=O) groups is 2. The second-order valence-electron chi connectivity index (χ2n) is 4.92. The van der Waals surface area contributed by atoms with Gasteiger partial charge < -0.3 is 10.6 Å². The summed E-state index contributed by atoms with van der Waals surface area (Å²) < 4.78 is 3.76. The summed E-state index contributed by atoms with van der Waals surface area (Å²) in [6.45, 7) is 1.75. The number of carbonyl (C=O) groups excluding carboxylic acids is 2. The second kappa shape index (κ2) is 5.61. The molecule has 1 aliphatic heterocycles. The average molecular weight is 302 g/mol. The number of hydrogen-bond acceptors (Lipinski definition) is 5. The molecule has 108 valence electrons. The van der Waals surface area contributed by atoms with Crippen LogP contribution in [0.2, 0.25) is 0 Å². The topological polar surface area (TPSA) is 84.0 Å². The van der Waals surface area contributed by atoms with Crippen molar-refractivity contribution in [2.24, 2.45) is 0 Å². The summed E-state index contributed by atoms with van der Waals surface area (Å²) >= 11 is 1.08. The molecule has 7 heteroatoms. The van der Waals surface area contributed by atoms with E-state index in [1.165, 1.54) is 0 Å². The van der Waals surface area contributed by atoms with E-state index < -0.39 is 0 Å². The van der Waals surface area contributed by atoms with Gasteiger partial charge in [-0.15, -0.1) is 5.10 Å². The maximum atomic E-state index is 12.1. The molecule has 1 aromatic carbocycles. The van der Waals surface area contributed by atoms with E-state index in [1.807, 2.05) is 12.1 Å². The lowest BCUT2D eigenvalue weighted by molar-refractivity contribution is -0.116. The lowest BCUT2D eigenvalue weighted by atomic mass is 10.1. The van der Waals surface area contributed by atoms with Gasteiger partial charge in [0.05, 0.1) is 5.69 Å². The number of nitrogens with one attached hydrogen (secondary N) is 2. The summed E-state index contributed by atoms with van der Waals surface area (Å²) in [6, 6.07) is 5.51. The molecule has 0 unspecified atom stereocenters. The third-order valence-corrected chi connectivity index (χ3v) is 4.17. The zero-order valence-electron chi connectivity index (χ0n) is 11.5. The van der Waals surface area contributed by atoms with Crippen molar-refractivity contribution >= 4 is 34.7 Å². The minimum Gasteiger partial charge on any atom is -0.326 e. The molecule has 2 amide bonds. The van der Waals surface area contributed by atoms with Crippen LogP contribution in [0.1, 0.15) is 33.8 Å². The monoisotopic (exact) mass is 302 g/mol. The van der Waals surface area contributed by atoms with Gasteiger partial charge in [0.1, 0.15) is 4.88 Å². The Balaban J connectivity index is 1.81. The lowest BCUT2D eigenvalue weighted by Crippen LogP contribution is -2.12. The van der Waals surface area contributed by atoms with Crippen LogP contribution in [0.25, 0.3) is 0 Å². The Morgan fingerprint density at radius 2 is 2.24 bits per heavy atom. The first-order valence-corrected chi connectivity index (χ1v) is 7.44. The number of aryl methyl sites for hydroxylation is 2. The van der Waals surface area contributed by atoms with Crippen molar-refractivity contribution < 1.29 is 9.59 Å². The number of nitrogens with zero attached hydrogens (tertiary/aromatic N) is 2. The fourth-order valence-corrected chi connectivity index (χ4v) is 2.83. The van der Waals surface area contributed by atoms with Crippen molar-refractivity contribution in [3.8, 4) is 0 Å². The number of benzene rings is 1. The third kappa shape index (κ3) is 2.92. The molecule has 0 atom stereocenters. The molecule has 2 N–H and O–H groups in total. The fourth-order valence-electron chi connectivity index (χ4n) is 2.28. The molecule has 2 heterocycles. The first kappa shape index (κ1) is 13.7. The number of amides is 2. The maximum Gasteiger partial charge on any atom is 0.269 e. The normalized spacial score (nSPS) is 14.0. The van der Waals surface area contributed by atoms with Crippen LogP contribution in [0.5, 0.6) is 0 Å². The van der Waals surface area contributed by atoms with Gasteiger partial charge in [-0.2, -0.15) is 0 Å². The number of hydrogen-bond donors (Lipinski definition) is 2. The molecule has 0 bridgehead atoms. The molecule has 21 heavy (non-hydrogen) atoms. The molecule has 0 radical (unpaired) electrons. The predicted octanol–water partition coefficient (Wildman–Crippen LogP) is 2.37. The quantitative estimate of drug-likeness (QED) is 0.892. The van der Waals surface area contributed by atoms with Crippen molar-refractivity contribution in [2.45, 2.75) is 26.2 Å². The minimum atomic E-state index is -0.208. The highest BCUT2D eigenvalue weighted by atomic mass is 32.1. The number of rotatable bonds is 2. The van der Waals surface area contributed by atoms with Crippen LogP contribution in [0.15, 0.2) is 18.2 Å². The molecule has 0 aliphatic carbocycles. The van der Waals surface area contributed by atoms with Gasteiger partial charge in [0.15, 0.2) is 0 Å². The molecule has 1 aromatic heterocycles. The Hall–Kier alpha value is -2.28. The van der Waals surface area contributed by atoms with Crippen LogP contribution in [0.3, 0.4) is 0 Å². The smallest absolute Gasteiger partial charge is 0.269 e. The zero-order chi connectivity index (χ0) is 14.8. The molecule has 0 fully saturated rings. The first-order chi connectivity index (χ1) is 10.1. The molecule has 0 spiro atoms. The van der Waals surface area contributed by atoms with E-state index in [0.29, 0.717) is 22.7 Å². The van der Waals surface area contributed by atoms with E-state index in [9.17, 15) is 9.59 Å². The first-order valence-electron chi connectivity index (χ1n) is 6.66. The Morgan fingerprint density at radius 1 is 1.38 bits per heavy atom. The van der Waals surface area contributed by atoms with Gasteiger partial charge in [-0.05, 0) is 55.1 Å². The van der Waals surface area contributed by atoms with Crippen LogP contribution in [0.4, 0.5) is 11.4 Å². The summed E-state index contributed by atoms with van der Waals surface area (Å²) in [6.07, 6.45) is 2.16. The van der Waals surface area contributed by atoms with Gasteiger partial charge in [-0.25, -0.2) is 0 Å². The number of fused-ring (bicyclic) bond motifs is 1. The Labute approximate surface area is 125 Å². The lowest BCUT2D eigenvalue weighted by Gasteiger charge is -2.10. The Kier molecular flexibility index (Phi) is 3.66. The summed E-state index contributed by atoms with van der Waals surface area (Å²) in [5.74, 6) is -0.169. The summed E-state index contributed by atoms with van der Waals surface area (Å²) in [5.41, 5.74) is 3.20. The highest BCUT2D eigenvalue weighted by molar-refractivity contribution is 7.08. The van der Waals surface area contributed by atoms with Crippen LogP contribution >= 0.6 is 11.5 Å². The average Bonchev–Trinajstić information content (AvgIpc) is 2.78. The SMILES string of the molecule is Cc1nnsc1C(=O)Nc1ccc2c(c1)CCCC(=O)N2. The zero-order valence-corrected chi connectivity index (χ0v) is 12.3. The molecule has 1 aliphatic rings. The summed E-state index contributed by atoms with van der Waals surface area (Å²) in [5, 5.41) is 9.55. The van der Waals surface area contributed by atoms with E-state index >= 15 is 0 Å². The molecule has 2 aromatic rings. The van der Waals surface area contributed by atoms with Crippen molar-refractivity contribution in [2.75, 3.05) is 10.6 Å². The molecule has 0 saturated carbocycles. The number of anilines is 2. The van der Waals surface area contributed by atoms with Crippen LogP contribution < -0.4 is 10.6 Å². The molecular weight excluding hydrogens is 288 g/mol. The number of aromatic nitrogens is 2. The van der Waals surface area contributed by atoms with Crippen LogP contribution in [0, 0.1) is 6.92 Å². The molecular formula is C14H14N4O2S. The van der Waals surface area contributed by atoms with Crippen molar-refractivity contribution in [3.05, 3.63) is 34.3 Å². The second-order valence-corrected chi connectivity index (χ2v) is 5.67. The fraction of sp³-hybridized carbons (Fsp3) is 0.286. The highest BCUT2D eigenvalue weighted by Crippen LogP contribution is 2.25. The van der Waals surface area contributed by atoms with Crippen molar-refractivity contribution in [3.63, 3.8) is 0 Å². The van der Waals surface area contributed by atoms with E-state index in [2.05, 4.69) is 20.2 Å². The van der Waals surface area contributed by atoms with E-state index in [0.717, 1.165) is 35.6 Å². The van der Waals surface area contributed by atoms with Gasteiger partial charge in [-0.3, -0.25) is 9.59 Å². The van der Waals surface area contributed by atoms with Crippen LogP contribution in [-0.4, -0.2) is 21.4 Å². The molecule has 0 saturated heterocycles. The van der Waals surface area contributed by atoms with Gasteiger partial charge in [0.25, 0.3) is 5.91 Å². The van der Waals surface area contributed by atoms with Crippen LogP contribution in [-0.2, 0) is 11.2 Å². The van der Waals surface area contributed by atoms with Crippen molar-refractivity contribution in [1.29, 1.82) is 0 Å². The Bertz CT molecular complexity index is 711. The van der Waals surface area contributed by atoms with Crippen molar-refractivity contribution in [1.82, 2.24) is 9.59 Å². The van der Waals surface area contributed by atoms with E-state index in [-0.39, 0.29) is 11.8 Å². The van der Waals surface area contributed by atoms with Gasteiger partial charge in [0, 0.05) is 17.8 Å². The van der Waals surface area contributed by atoms with Gasteiger partial charge >= 0.3 is 0 Å². The summed E-state index contributed by atoms with van der Waals surface area (Å²) in [4.78, 5) is 24.2. The standard InChI is InChI=1S/C14H14N4O2S/c1-8-13(21-18-17-8)14(20)15-10-5-6-11-9(7-10)3-2-4-12(19)16-11/h5-7H,2-4H2,1H3,(H,15,20)(H,16,19). The third-order valence-electron chi connectivity index (χ3n) is 3.34.